The van der Waals surface area contributed by atoms with Gasteiger partial charge in [0.05, 0.1) is 29.8 Å². The molecule has 26 heavy (non-hydrogen) atoms. The predicted molar refractivity (Wildman–Crippen MR) is 112 cm³/mol. The molecule has 0 aliphatic heterocycles. The van der Waals surface area contributed by atoms with Crippen LogP contribution in [0, 0.1) is 6.92 Å². The number of aromatic nitrogens is 1. The van der Waals surface area contributed by atoms with E-state index in [1.54, 1.807) is 11.3 Å². The van der Waals surface area contributed by atoms with E-state index in [1.807, 2.05) is 26.1 Å². The molecule has 142 valence electrons. The van der Waals surface area contributed by atoms with Crippen molar-refractivity contribution in [1.82, 2.24) is 20.1 Å². The third-order valence-corrected chi connectivity index (χ3v) is 5.13. The van der Waals surface area contributed by atoms with Gasteiger partial charge in [-0.25, -0.2) is 4.98 Å². The number of nitrogens with one attached hydrogen (secondary N) is 1. The van der Waals surface area contributed by atoms with Gasteiger partial charge in [-0.1, -0.05) is 23.7 Å². The minimum absolute atomic E-state index is 0.191. The van der Waals surface area contributed by atoms with Gasteiger partial charge in [-0.05, 0) is 45.6 Å². The van der Waals surface area contributed by atoms with E-state index in [0.717, 1.165) is 34.8 Å². The van der Waals surface area contributed by atoms with E-state index in [0.29, 0.717) is 6.54 Å². The van der Waals surface area contributed by atoms with Gasteiger partial charge in [0.25, 0.3) is 0 Å². The fourth-order valence-electron chi connectivity index (χ4n) is 2.69. The largest absolute Gasteiger partial charge is 0.357 e. The van der Waals surface area contributed by atoms with Gasteiger partial charge >= 0.3 is 0 Å². The second kappa shape index (κ2) is 9.90. The molecule has 7 heteroatoms. The van der Waals surface area contributed by atoms with Crippen molar-refractivity contribution in [3.8, 4) is 0 Å². The number of hydrogen-bond acceptors (Lipinski definition) is 4. The van der Waals surface area contributed by atoms with E-state index in [2.05, 4.69) is 58.6 Å². The topological polar surface area (TPSA) is 43.8 Å². The van der Waals surface area contributed by atoms with Gasteiger partial charge in [-0.15, -0.1) is 11.3 Å². The molecule has 1 aromatic carbocycles. The molecule has 0 radical (unpaired) electrons. The molecular formula is C19H28ClN5S. The van der Waals surface area contributed by atoms with Crippen LogP contribution in [0.2, 0.25) is 5.02 Å². The van der Waals surface area contributed by atoms with Crippen LogP contribution >= 0.6 is 22.9 Å². The minimum Gasteiger partial charge on any atom is -0.357 e. The van der Waals surface area contributed by atoms with Crippen molar-refractivity contribution >= 4 is 28.9 Å². The molecule has 0 spiro atoms. The highest BCUT2D eigenvalue weighted by Crippen LogP contribution is 2.21. The standard InChI is InChI=1S/C19H28ClN5S/c1-6-21-19(25(5)12-17-13-26-14(2)23-17)22-11-18(24(3)4)15-7-9-16(20)10-8-15/h7-10,13,18H,6,11-12H2,1-5H3,(H,21,22). The molecule has 1 atom stereocenters. The lowest BCUT2D eigenvalue weighted by molar-refractivity contribution is 0.305. The Bertz CT molecular complexity index is 711. The molecule has 0 aliphatic rings. The predicted octanol–water partition coefficient (Wildman–Crippen LogP) is 3.81. The first-order chi connectivity index (χ1) is 12.4. The van der Waals surface area contributed by atoms with Gasteiger partial charge in [-0.3, -0.25) is 4.99 Å². The Kier molecular flexibility index (Phi) is 7.87. The number of thiazole rings is 1. The molecule has 1 unspecified atom stereocenters. The van der Waals surface area contributed by atoms with Crippen molar-refractivity contribution in [3.05, 3.63) is 50.9 Å². The first-order valence-corrected chi connectivity index (χ1v) is 9.98. The minimum atomic E-state index is 0.191. The molecule has 0 aliphatic carbocycles. The maximum atomic E-state index is 6.02. The van der Waals surface area contributed by atoms with Gasteiger partial charge in [0.2, 0.25) is 0 Å². The molecule has 2 rings (SSSR count). The summed E-state index contributed by atoms with van der Waals surface area (Å²) in [5.74, 6) is 0.888. The van der Waals surface area contributed by atoms with E-state index < -0.39 is 0 Å². The van der Waals surface area contributed by atoms with Crippen LogP contribution in [0.5, 0.6) is 0 Å². The number of benzene rings is 1. The van der Waals surface area contributed by atoms with Crippen LogP contribution in [-0.4, -0.2) is 55.0 Å². The highest BCUT2D eigenvalue weighted by atomic mass is 35.5. The zero-order valence-corrected chi connectivity index (χ0v) is 17.7. The lowest BCUT2D eigenvalue weighted by Crippen LogP contribution is -2.39. The van der Waals surface area contributed by atoms with Crippen molar-refractivity contribution in [1.29, 1.82) is 0 Å². The van der Waals surface area contributed by atoms with Gasteiger partial charge < -0.3 is 15.1 Å². The highest BCUT2D eigenvalue weighted by Gasteiger charge is 2.15. The van der Waals surface area contributed by atoms with Crippen LogP contribution in [0.1, 0.15) is 29.2 Å². The number of rotatable bonds is 7. The summed E-state index contributed by atoms with van der Waals surface area (Å²) in [4.78, 5) is 13.7. The van der Waals surface area contributed by atoms with Crippen LogP contribution in [0.25, 0.3) is 0 Å². The van der Waals surface area contributed by atoms with Crippen molar-refractivity contribution < 1.29 is 0 Å². The smallest absolute Gasteiger partial charge is 0.194 e. The Morgan fingerprint density at radius 2 is 1.96 bits per heavy atom. The van der Waals surface area contributed by atoms with Gasteiger partial charge in [0.15, 0.2) is 5.96 Å². The van der Waals surface area contributed by atoms with Gasteiger partial charge in [-0.2, -0.15) is 0 Å². The van der Waals surface area contributed by atoms with E-state index in [9.17, 15) is 0 Å². The summed E-state index contributed by atoms with van der Waals surface area (Å²) in [5.41, 5.74) is 2.28. The van der Waals surface area contributed by atoms with E-state index >= 15 is 0 Å². The molecule has 1 aromatic heterocycles. The van der Waals surface area contributed by atoms with Crippen molar-refractivity contribution in [2.45, 2.75) is 26.4 Å². The Morgan fingerprint density at radius 3 is 2.50 bits per heavy atom. The highest BCUT2D eigenvalue weighted by molar-refractivity contribution is 7.09. The third-order valence-electron chi connectivity index (χ3n) is 4.05. The number of halogens is 1. The summed E-state index contributed by atoms with van der Waals surface area (Å²) in [6, 6.07) is 8.18. The van der Waals surface area contributed by atoms with E-state index in [4.69, 9.17) is 16.6 Å². The number of guanidine groups is 1. The van der Waals surface area contributed by atoms with Crippen LogP contribution in [-0.2, 0) is 6.54 Å². The lowest BCUT2D eigenvalue weighted by atomic mass is 10.1. The van der Waals surface area contributed by atoms with Crippen LogP contribution in [0.3, 0.4) is 0 Å². The summed E-state index contributed by atoms with van der Waals surface area (Å²) in [6.07, 6.45) is 0. The second-order valence-corrected chi connectivity index (χ2v) is 7.94. The Morgan fingerprint density at radius 1 is 1.27 bits per heavy atom. The Hall–Kier alpha value is -1.63. The Labute approximate surface area is 165 Å². The van der Waals surface area contributed by atoms with Gasteiger partial charge in [0.1, 0.15) is 0 Å². The molecule has 1 heterocycles. The average molecular weight is 394 g/mol. The summed E-state index contributed by atoms with van der Waals surface area (Å²) >= 11 is 7.70. The molecule has 2 aromatic rings. The molecule has 0 saturated heterocycles. The monoisotopic (exact) mass is 393 g/mol. The van der Waals surface area contributed by atoms with Crippen LogP contribution in [0.4, 0.5) is 0 Å². The zero-order valence-electron chi connectivity index (χ0n) is 16.2. The lowest BCUT2D eigenvalue weighted by Gasteiger charge is -2.26. The van der Waals surface area contributed by atoms with E-state index in [1.165, 1.54) is 5.56 Å². The van der Waals surface area contributed by atoms with Crippen molar-refractivity contribution in [2.75, 3.05) is 34.2 Å². The number of aryl methyl sites for hydroxylation is 1. The Balaban J connectivity index is 2.13. The normalized spacial score (nSPS) is 13.1. The summed E-state index contributed by atoms with van der Waals surface area (Å²) in [7, 11) is 6.19. The molecule has 0 amide bonds. The molecule has 0 fully saturated rings. The van der Waals surface area contributed by atoms with Crippen LogP contribution < -0.4 is 5.32 Å². The molecule has 1 N–H and O–H groups in total. The molecule has 5 nitrogen and oxygen atoms in total. The quantitative estimate of drug-likeness (QED) is 0.574. The fraction of sp³-hybridized carbons (Fsp3) is 0.474. The SMILES string of the molecule is CCNC(=NCC(c1ccc(Cl)cc1)N(C)C)N(C)Cc1csc(C)n1. The summed E-state index contributed by atoms with van der Waals surface area (Å²) in [6.45, 7) is 6.34. The van der Waals surface area contributed by atoms with Crippen LogP contribution in [0.15, 0.2) is 34.6 Å². The number of nitrogens with zero attached hydrogens (tertiary/aromatic N) is 4. The number of hydrogen-bond donors (Lipinski definition) is 1. The maximum absolute atomic E-state index is 6.02. The number of aliphatic imine (C=N–C) groups is 1. The van der Waals surface area contributed by atoms with Crippen molar-refractivity contribution in [3.63, 3.8) is 0 Å². The first kappa shape index (κ1) is 20.7. The average Bonchev–Trinajstić information content (AvgIpc) is 3.00. The van der Waals surface area contributed by atoms with Gasteiger partial charge in [0, 0.05) is 24.0 Å². The first-order valence-electron chi connectivity index (χ1n) is 8.73. The molecular weight excluding hydrogens is 366 g/mol. The van der Waals surface area contributed by atoms with Crippen molar-refractivity contribution in [2.24, 2.45) is 4.99 Å². The second-order valence-electron chi connectivity index (χ2n) is 6.44. The number of likely N-dealkylation sites (N-methyl/N-ethyl adjacent to an activating group) is 1. The summed E-state index contributed by atoms with van der Waals surface area (Å²) < 4.78 is 0. The van der Waals surface area contributed by atoms with E-state index in [-0.39, 0.29) is 6.04 Å². The molecule has 0 saturated carbocycles. The summed E-state index contributed by atoms with van der Waals surface area (Å²) in [5, 5.41) is 7.32. The third kappa shape index (κ3) is 5.97. The zero-order chi connectivity index (χ0) is 19.1. The maximum Gasteiger partial charge on any atom is 0.194 e. The molecule has 0 bridgehead atoms. The fourth-order valence-corrected chi connectivity index (χ4v) is 3.42.